The molecule has 2 heterocycles. The first kappa shape index (κ1) is 19.7. The zero-order chi connectivity index (χ0) is 33.9. The number of anilines is 1. The van der Waals surface area contributed by atoms with Gasteiger partial charge in [0.1, 0.15) is 6.61 Å². The fourth-order valence-corrected chi connectivity index (χ4v) is 4.24. The third-order valence-corrected chi connectivity index (χ3v) is 6.53. The van der Waals surface area contributed by atoms with Crippen molar-refractivity contribution in [2.75, 3.05) is 24.9 Å². The smallest absolute Gasteiger partial charge is 0.263 e. The molecule has 0 aliphatic heterocycles. The molecule has 4 aromatic rings. The Kier molecular flexibility index (Phi) is 5.88. The molecular weight excluding hydrogens is 522 g/mol. The SMILES string of the molecule is [2H]OC([2H])([2H])COc1nc(-c2ncccn2)nc(N([2H])S(=O)(=O)c2ccc(C(C)(C)C)cc2)c1Oc1ccccc1OC([2H])([2H])[2H]. The summed E-state index contributed by atoms with van der Waals surface area (Å²) in [5, 5.41) is 4.05. The summed E-state index contributed by atoms with van der Waals surface area (Å²) in [5.41, 5.74) is 0.552. The number of aromatic nitrogens is 4. The lowest BCUT2D eigenvalue weighted by Crippen LogP contribution is -2.17. The molecule has 0 radical (unpaired) electrons. The van der Waals surface area contributed by atoms with Crippen molar-refractivity contribution in [1.29, 1.82) is 1.43 Å². The van der Waals surface area contributed by atoms with Gasteiger partial charge in [-0.25, -0.2) is 23.4 Å². The lowest BCUT2D eigenvalue weighted by Gasteiger charge is -2.20. The van der Waals surface area contributed by atoms with Crippen LogP contribution in [0.4, 0.5) is 5.82 Å². The topological polar surface area (TPSA) is 146 Å². The van der Waals surface area contributed by atoms with Gasteiger partial charge in [0.15, 0.2) is 24.6 Å². The van der Waals surface area contributed by atoms with Crippen LogP contribution in [-0.2, 0) is 15.4 Å². The molecule has 2 aromatic heterocycles. The number of hydrogen-bond donors (Lipinski definition) is 2. The van der Waals surface area contributed by atoms with Gasteiger partial charge >= 0.3 is 0 Å². The molecule has 0 saturated heterocycles. The Labute approximate surface area is 236 Å². The van der Waals surface area contributed by atoms with E-state index in [0.717, 1.165) is 5.56 Å². The highest BCUT2D eigenvalue weighted by Crippen LogP contribution is 2.41. The number of benzene rings is 2. The molecular formula is C27H29N5O6S. The number of sulfonamides is 1. The number of nitrogens with zero attached hydrogens (tertiary/aromatic N) is 4. The standard InChI is InChI=1S/C27H29N5O6S/c1-27(2,3)18-10-12-19(13-11-18)39(34,35)32-23-22(38-21-9-6-5-8-20(21)36-4)26(37-17-16-33)31-25(30-23)24-28-14-7-15-29-24/h5-15,33H,16-17H2,1-4H3,(H,30,31,32)/i4D3,16D2,33D/hD. The Morgan fingerprint density at radius 1 is 1.03 bits per heavy atom. The maximum Gasteiger partial charge on any atom is 0.263 e. The Morgan fingerprint density at radius 3 is 2.41 bits per heavy atom. The summed E-state index contributed by atoms with van der Waals surface area (Å²) in [6.45, 7) is 2.23. The van der Waals surface area contributed by atoms with E-state index in [0.29, 0.717) is 0 Å². The van der Waals surface area contributed by atoms with Gasteiger partial charge in [-0.05, 0) is 41.3 Å². The molecule has 0 unspecified atom stereocenters. The second kappa shape index (κ2) is 11.6. The highest BCUT2D eigenvalue weighted by molar-refractivity contribution is 7.92. The van der Waals surface area contributed by atoms with Crippen molar-refractivity contribution < 1.29 is 36.0 Å². The Balaban J connectivity index is 1.95. The average molecular weight is 559 g/mol. The zero-order valence-corrected chi connectivity index (χ0v) is 22.0. The van der Waals surface area contributed by atoms with Gasteiger partial charge < -0.3 is 19.3 Å². The number of para-hydroxylation sites is 2. The number of nitrogens with one attached hydrogen (secondary N) is 1. The predicted molar refractivity (Wildman–Crippen MR) is 145 cm³/mol. The van der Waals surface area contributed by atoms with Crippen LogP contribution in [0.2, 0.25) is 1.41 Å². The van der Waals surface area contributed by atoms with Gasteiger partial charge in [-0.3, -0.25) is 4.72 Å². The minimum atomic E-state index is -4.69. The molecule has 204 valence electrons. The molecule has 2 N–H and O–H groups in total. The van der Waals surface area contributed by atoms with Crippen molar-refractivity contribution >= 4 is 15.8 Å². The van der Waals surface area contributed by atoms with Gasteiger partial charge in [0, 0.05) is 12.4 Å². The number of ether oxygens (including phenoxy) is 3. The van der Waals surface area contributed by atoms with Gasteiger partial charge in [0.2, 0.25) is 13.0 Å². The number of rotatable bonds is 11. The van der Waals surface area contributed by atoms with Crippen molar-refractivity contribution in [1.82, 2.24) is 19.9 Å². The van der Waals surface area contributed by atoms with Crippen LogP contribution in [-0.4, -0.2) is 55.1 Å². The first-order chi connectivity index (χ1) is 21.4. The summed E-state index contributed by atoms with van der Waals surface area (Å²) in [4.78, 5) is 16.3. The predicted octanol–water partition coefficient (Wildman–Crippen LogP) is 4.20. The normalized spacial score (nSPS) is 14.9. The Hall–Kier alpha value is -4.29. The number of aliphatic hydroxyl groups is 1. The molecule has 0 atom stereocenters. The van der Waals surface area contributed by atoms with E-state index in [-0.39, 0.29) is 38.2 Å². The third kappa shape index (κ3) is 6.59. The molecule has 12 heteroatoms. The molecule has 0 saturated carbocycles. The van der Waals surface area contributed by atoms with Crippen LogP contribution in [0, 0.1) is 0 Å². The van der Waals surface area contributed by atoms with Gasteiger partial charge in [0.05, 0.1) is 25.3 Å². The molecule has 39 heavy (non-hydrogen) atoms. The largest absolute Gasteiger partial charge is 0.493 e. The highest BCUT2D eigenvalue weighted by Gasteiger charge is 2.26. The van der Waals surface area contributed by atoms with E-state index >= 15 is 0 Å². The second-order valence-electron chi connectivity index (χ2n) is 9.00. The lowest BCUT2D eigenvalue weighted by atomic mass is 9.87. The summed E-state index contributed by atoms with van der Waals surface area (Å²) >= 11 is 0. The van der Waals surface area contributed by atoms with Gasteiger partial charge in [-0.2, -0.15) is 4.98 Å². The van der Waals surface area contributed by atoms with E-state index < -0.39 is 47.7 Å². The van der Waals surface area contributed by atoms with Gasteiger partial charge in [-0.1, -0.05) is 45.0 Å². The summed E-state index contributed by atoms with van der Waals surface area (Å²) < 4.78 is 98.1. The van der Waals surface area contributed by atoms with Crippen LogP contribution < -0.4 is 18.9 Å². The third-order valence-electron chi connectivity index (χ3n) is 5.25. The summed E-state index contributed by atoms with van der Waals surface area (Å²) in [6.07, 6.45) is 2.72. The average Bonchev–Trinajstić information content (AvgIpc) is 3.00. The van der Waals surface area contributed by atoms with Crippen LogP contribution in [0.3, 0.4) is 0 Å². The van der Waals surface area contributed by atoms with Crippen LogP contribution in [0.1, 0.15) is 33.2 Å². The summed E-state index contributed by atoms with van der Waals surface area (Å²) in [6, 6.07) is 12.9. The molecule has 0 aliphatic rings. The Bertz CT molecular complexity index is 1770. The monoisotopic (exact) mass is 558 g/mol. The van der Waals surface area contributed by atoms with E-state index in [4.69, 9.17) is 23.9 Å². The second-order valence-corrected chi connectivity index (χ2v) is 10.6. The maximum atomic E-state index is 13.8. The molecule has 0 fully saturated rings. The quantitative estimate of drug-likeness (QED) is 0.275. The molecule has 4 rings (SSSR count). The van der Waals surface area contributed by atoms with Crippen LogP contribution in [0.15, 0.2) is 71.9 Å². The molecule has 2 aromatic carbocycles. The van der Waals surface area contributed by atoms with Gasteiger partial charge in [0.25, 0.3) is 15.9 Å². The van der Waals surface area contributed by atoms with Crippen molar-refractivity contribution in [2.24, 2.45) is 0 Å². The molecule has 0 amide bonds. The number of methoxy groups -OCH3 is 1. The van der Waals surface area contributed by atoms with Crippen LogP contribution in [0.25, 0.3) is 11.6 Å². The fourth-order valence-electron chi connectivity index (χ4n) is 3.30. The first-order valence-electron chi connectivity index (χ1n) is 14.8. The molecule has 0 aliphatic carbocycles. The summed E-state index contributed by atoms with van der Waals surface area (Å²) in [5.74, 6) is -3.02. The van der Waals surface area contributed by atoms with Crippen LogP contribution >= 0.6 is 0 Å². The van der Waals surface area contributed by atoms with E-state index in [1.54, 1.807) is 12.1 Å². The van der Waals surface area contributed by atoms with Crippen LogP contribution in [0.5, 0.6) is 23.1 Å². The van der Waals surface area contributed by atoms with E-state index in [1.807, 2.05) is 20.8 Å². The van der Waals surface area contributed by atoms with E-state index in [2.05, 4.69) is 25.0 Å². The minimum Gasteiger partial charge on any atom is -0.493 e. The first-order valence-corrected chi connectivity index (χ1v) is 12.9. The van der Waals surface area contributed by atoms with Crippen molar-refractivity contribution in [3.05, 3.63) is 72.6 Å². The van der Waals surface area contributed by atoms with Crippen molar-refractivity contribution in [2.45, 2.75) is 31.1 Å². The lowest BCUT2D eigenvalue weighted by molar-refractivity contribution is 0.192. The van der Waals surface area contributed by atoms with Gasteiger partial charge in [-0.15, -0.1) is 0 Å². The highest BCUT2D eigenvalue weighted by atomic mass is 32.2. The Morgan fingerprint density at radius 2 is 1.74 bits per heavy atom. The zero-order valence-electron chi connectivity index (χ0n) is 28.2. The number of hydrogen-bond acceptors (Lipinski definition) is 10. The van der Waals surface area contributed by atoms with Crippen molar-refractivity contribution in [3.63, 3.8) is 0 Å². The fraction of sp³-hybridized carbons (Fsp3) is 0.259. The minimum absolute atomic E-state index is 0.0538. The molecule has 0 spiro atoms. The molecule has 11 nitrogen and oxygen atoms in total. The van der Waals surface area contributed by atoms with E-state index in [9.17, 15) is 8.42 Å². The maximum absolute atomic E-state index is 13.8. The van der Waals surface area contributed by atoms with Crippen molar-refractivity contribution in [3.8, 4) is 34.8 Å². The molecule has 0 bridgehead atoms. The van der Waals surface area contributed by atoms with E-state index in [1.165, 1.54) is 54.9 Å². The summed E-state index contributed by atoms with van der Waals surface area (Å²) in [7, 11) is -7.59.